The van der Waals surface area contributed by atoms with Gasteiger partial charge < -0.3 is 5.11 Å². The molecule has 0 saturated heterocycles. The normalized spacial score (nSPS) is 25.7. The molecule has 0 aromatic rings. The largest absolute Gasteiger partial charge is 0.393 e. The number of hydrogen-bond donors (Lipinski definition) is 1. The zero-order valence-corrected chi connectivity index (χ0v) is 6.30. The Morgan fingerprint density at radius 3 is 2.33 bits per heavy atom. The summed E-state index contributed by atoms with van der Waals surface area (Å²) in [5.41, 5.74) is 0. The van der Waals surface area contributed by atoms with Crippen molar-refractivity contribution in [2.75, 3.05) is 0 Å². The lowest BCUT2D eigenvalue weighted by molar-refractivity contribution is 0.158. The van der Waals surface area contributed by atoms with Gasteiger partial charge in [-0.05, 0) is 38.0 Å². The van der Waals surface area contributed by atoms with Crippen LogP contribution in [0.2, 0.25) is 0 Å². The van der Waals surface area contributed by atoms with Gasteiger partial charge in [-0.15, -0.1) is 0 Å². The van der Waals surface area contributed by atoms with E-state index in [1.54, 1.807) is 0 Å². The first-order valence-electron chi connectivity index (χ1n) is 3.88. The van der Waals surface area contributed by atoms with Gasteiger partial charge in [0.15, 0.2) is 0 Å². The van der Waals surface area contributed by atoms with Crippen molar-refractivity contribution in [2.45, 2.75) is 39.2 Å². The highest BCUT2D eigenvalue weighted by atomic mass is 16.3. The van der Waals surface area contributed by atoms with Crippen molar-refractivity contribution in [1.29, 1.82) is 0 Å². The highest BCUT2D eigenvalue weighted by molar-refractivity contribution is 4.79. The van der Waals surface area contributed by atoms with E-state index in [0.717, 1.165) is 18.3 Å². The zero-order chi connectivity index (χ0) is 6.85. The molecule has 0 spiro atoms. The number of rotatable bonds is 3. The van der Waals surface area contributed by atoms with Gasteiger partial charge >= 0.3 is 0 Å². The predicted octanol–water partition coefficient (Wildman–Crippen LogP) is 1.80. The zero-order valence-electron chi connectivity index (χ0n) is 6.30. The topological polar surface area (TPSA) is 20.2 Å². The van der Waals surface area contributed by atoms with E-state index in [9.17, 15) is 0 Å². The monoisotopic (exact) mass is 128 g/mol. The van der Waals surface area contributed by atoms with Gasteiger partial charge in [0.25, 0.3) is 0 Å². The van der Waals surface area contributed by atoms with Crippen molar-refractivity contribution in [3.05, 3.63) is 0 Å². The molecule has 1 aliphatic carbocycles. The molecule has 0 aliphatic heterocycles. The summed E-state index contributed by atoms with van der Waals surface area (Å²) in [7, 11) is 0. The van der Waals surface area contributed by atoms with Crippen molar-refractivity contribution in [3.8, 4) is 0 Å². The standard InChI is InChI=1S/C8H16O/c1-6(5-7(2)9)8-3-4-8/h6-9H,3-5H2,1-2H3. The molecule has 0 radical (unpaired) electrons. The molecule has 0 amide bonds. The molecule has 9 heavy (non-hydrogen) atoms. The lowest BCUT2D eigenvalue weighted by Gasteiger charge is -2.10. The average Bonchev–Trinajstić information content (AvgIpc) is 2.40. The van der Waals surface area contributed by atoms with Crippen molar-refractivity contribution in [1.82, 2.24) is 0 Å². The maximum atomic E-state index is 9.00. The van der Waals surface area contributed by atoms with E-state index in [2.05, 4.69) is 6.92 Å². The fourth-order valence-corrected chi connectivity index (χ4v) is 1.40. The van der Waals surface area contributed by atoms with Crippen LogP contribution in [0.5, 0.6) is 0 Å². The minimum Gasteiger partial charge on any atom is -0.393 e. The molecule has 1 saturated carbocycles. The van der Waals surface area contributed by atoms with Gasteiger partial charge in [-0.3, -0.25) is 0 Å². The molecule has 2 atom stereocenters. The fourth-order valence-electron chi connectivity index (χ4n) is 1.40. The van der Waals surface area contributed by atoms with Gasteiger partial charge in [0.05, 0.1) is 6.10 Å². The van der Waals surface area contributed by atoms with Crippen LogP contribution in [0.1, 0.15) is 33.1 Å². The summed E-state index contributed by atoms with van der Waals surface area (Å²) in [5, 5.41) is 9.00. The molecule has 1 nitrogen and oxygen atoms in total. The van der Waals surface area contributed by atoms with Crippen molar-refractivity contribution < 1.29 is 5.11 Å². The van der Waals surface area contributed by atoms with Crippen LogP contribution in [0.3, 0.4) is 0 Å². The minimum absolute atomic E-state index is 0.0967. The Morgan fingerprint density at radius 2 is 2.00 bits per heavy atom. The van der Waals surface area contributed by atoms with Gasteiger partial charge in [-0.2, -0.15) is 0 Å². The third kappa shape index (κ3) is 2.35. The highest BCUT2D eigenvalue weighted by Crippen LogP contribution is 2.38. The summed E-state index contributed by atoms with van der Waals surface area (Å²) in [6.07, 6.45) is 3.69. The van der Waals surface area contributed by atoms with E-state index in [-0.39, 0.29) is 6.10 Å². The lowest BCUT2D eigenvalue weighted by Crippen LogP contribution is -2.08. The Hall–Kier alpha value is -0.0400. The maximum absolute atomic E-state index is 9.00. The second kappa shape index (κ2) is 2.70. The molecule has 0 bridgehead atoms. The second-order valence-electron chi connectivity index (χ2n) is 3.40. The number of aliphatic hydroxyl groups is 1. The van der Waals surface area contributed by atoms with Gasteiger partial charge in [0, 0.05) is 0 Å². The molecule has 0 aromatic heterocycles. The van der Waals surface area contributed by atoms with Crippen LogP contribution in [0.4, 0.5) is 0 Å². The van der Waals surface area contributed by atoms with Crippen LogP contribution in [0.25, 0.3) is 0 Å². The SMILES string of the molecule is CC(O)CC(C)C1CC1. The second-order valence-corrected chi connectivity index (χ2v) is 3.40. The van der Waals surface area contributed by atoms with Gasteiger partial charge in [-0.1, -0.05) is 6.92 Å². The average molecular weight is 128 g/mol. The van der Waals surface area contributed by atoms with Gasteiger partial charge in [0.2, 0.25) is 0 Å². The van der Waals surface area contributed by atoms with E-state index in [4.69, 9.17) is 5.11 Å². The molecule has 1 heteroatoms. The summed E-state index contributed by atoms with van der Waals surface area (Å²) < 4.78 is 0. The van der Waals surface area contributed by atoms with Crippen LogP contribution in [0, 0.1) is 11.8 Å². The van der Waals surface area contributed by atoms with Crippen molar-refractivity contribution >= 4 is 0 Å². The molecule has 1 rings (SSSR count). The Labute approximate surface area is 57.1 Å². The molecule has 54 valence electrons. The first-order valence-corrected chi connectivity index (χ1v) is 3.88. The number of aliphatic hydroxyl groups excluding tert-OH is 1. The van der Waals surface area contributed by atoms with E-state index in [0.29, 0.717) is 0 Å². The lowest BCUT2D eigenvalue weighted by atomic mass is 10.00. The van der Waals surface area contributed by atoms with Crippen molar-refractivity contribution in [2.24, 2.45) is 11.8 Å². The van der Waals surface area contributed by atoms with Crippen LogP contribution in [-0.4, -0.2) is 11.2 Å². The molecule has 0 aromatic carbocycles. The highest BCUT2D eigenvalue weighted by Gasteiger charge is 2.28. The first-order chi connectivity index (χ1) is 4.20. The van der Waals surface area contributed by atoms with Gasteiger partial charge in [-0.25, -0.2) is 0 Å². The Bertz CT molecular complexity index is 84.6. The van der Waals surface area contributed by atoms with Crippen LogP contribution >= 0.6 is 0 Å². The quantitative estimate of drug-likeness (QED) is 0.614. The Morgan fingerprint density at radius 1 is 1.44 bits per heavy atom. The summed E-state index contributed by atoms with van der Waals surface area (Å²) in [4.78, 5) is 0. The smallest absolute Gasteiger partial charge is 0.0514 e. The Kier molecular flexibility index (Phi) is 2.12. The van der Waals surface area contributed by atoms with Gasteiger partial charge in [0.1, 0.15) is 0 Å². The molecule has 1 aliphatic rings. The number of hydrogen-bond acceptors (Lipinski definition) is 1. The molecular weight excluding hydrogens is 112 g/mol. The molecule has 2 unspecified atom stereocenters. The Balaban J connectivity index is 2.10. The predicted molar refractivity (Wildman–Crippen MR) is 38.2 cm³/mol. The minimum atomic E-state index is -0.0967. The van der Waals surface area contributed by atoms with E-state index < -0.39 is 0 Å². The third-order valence-electron chi connectivity index (χ3n) is 2.14. The van der Waals surface area contributed by atoms with Crippen molar-refractivity contribution in [3.63, 3.8) is 0 Å². The van der Waals surface area contributed by atoms with Crippen LogP contribution in [-0.2, 0) is 0 Å². The molecular formula is C8H16O. The maximum Gasteiger partial charge on any atom is 0.0514 e. The summed E-state index contributed by atoms with van der Waals surface area (Å²) in [6.45, 7) is 4.11. The van der Waals surface area contributed by atoms with E-state index >= 15 is 0 Å². The van der Waals surface area contributed by atoms with Crippen LogP contribution < -0.4 is 0 Å². The molecule has 1 N–H and O–H groups in total. The van der Waals surface area contributed by atoms with E-state index in [1.165, 1.54) is 12.8 Å². The van der Waals surface area contributed by atoms with E-state index in [1.807, 2.05) is 6.92 Å². The fraction of sp³-hybridized carbons (Fsp3) is 1.00. The third-order valence-corrected chi connectivity index (χ3v) is 2.14. The van der Waals surface area contributed by atoms with Crippen LogP contribution in [0.15, 0.2) is 0 Å². The molecule has 0 heterocycles. The summed E-state index contributed by atoms with van der Waals surface area (Å²) in [5.74, 6) is 1.70. The first kappa shape index (κ1) is 7.07. The summed E-state index contributed by atoms with van der Waals surface area (Å²) in [6, 6.07) is 0. The molecule has 1 fully saturated rings. The summed E-state index contributed by atoms with van der Waals surface area (Å²) >= 11 is 0.